The summed E-state index contributed by atoms with van der Waals surface area (Å²) < 4.78 is 0.966. The van der Waals surface area contributed by atoms with E-state index in [0.29, 0.717) is 0 Å². The van der Waals surface area contributed by atoms with E-state index in [9.17, 15) is 4.79 Å². The fraction of sp³-hybridized carbons (Fsp3) is 0.133. The molecule has 1 atom stereocenters. The maximum atomic E-state index is 12.1. The van der Waals surface area contributed by atoms with Crippen molar-refractivity contribution >= 4 is 28.5 Å². The third-order valence-electron chi connectivity index (χ3n) is 2.77. The molecule has 0 aliphatic rings. The number of hydrogen-bond acceptors (Lipinski definition) is 1. The number of carbonyl (C=O) groups excluding carboxylic acids is 1. The molecular formula is C15H14INO. The van der Waals surface area contributed by atoms with Gasteiger partial charge in [-0.25, -0.2) is 0 Å². The molecule has 2 aromatic rings. The second kappa shape index (κ2) is 6.00. The lowest BCUT2D eigenvalue weighted by atomic mass is 10.1. The Kier molecular flexibility index (Phi) is 4.36. The first kappa shape index (κ1) is 13.1. The molecule has 0 saturated heterocycles. The lowest BCUT2D eigenvalue weighted by molar-refractivity contribution is 0.0939. The Bertz CT molecular complexity index is 539. The van der Waals surface area contributed by atoms with Crippen LogP contribution in [-0.2, 0) is 0 Å². The number of hydrogen-bond donors (Lipinski definition) is 1. The molecule has 0 aromatic heterocycles. The monoisotopic (exact) mass is 351 g/mol. The maximum absolute atomic E-state index is 12.1. The number of carbonyl (C=O) groups is 1. The molecule has 0 spiro atoms. The Balaban J connectivity index is 2.11. The van der Waals surface area contributed by atoms with Crippen molar-refractivity contribution in [2.24, 2.45) is 0 Å². The van der Waals surface area contributed by atoms with E-state index in [1.54, 1.807) is 0 Å². The topological polar surface area (TPSA) is 29.1 Å². The average molecular weight is 351 g/mol. The molecule has 18 heavy (non-hydrogen) atoms. The fourth-order valence-corrected chi connectivity index (χ4v) is 2.38. The van der Waals surface area contributed by atoms with Gasteiger partial charge in [-0.05, 0) is 47.2 Å². The summed E-state index contributed by atoms with van der Waals surface area (Å²) in [5.41, 5.74) is 1.83. The van der Waals surface area contributed by atoms with Crippen LogP contribution < -0.4 is 5.32 Å². The van der Waals surface area contributed by atoms with E-state index in [4.69, 9.17) is 0 Å². The van der Waals surface area contributed by atoms with Crippen LogP contribution in [0.2, 0.25) is 0 Å². The molecule has 3 heteroatoms. The molecule has 1 N–H and O–H groups in total. The zero-order chi connectivity index (χ0) is 13.0. The summed E-state index contributed by atoms with van der Waals surface area (Å²) in [7, 11) is 0. The molecule has 92 valence electrons. The van der Waals surface area contributed by atoms with Gasteiger partial charge in [-0.1, -0.05) is 42.5 Å². The third kappa shape index (κ3) is 3.10. The molecule has 0 heterocycles. The van der Waals surface area contributed by atoms with Crippen molar-refractivity contribution in [2.45, 2.75) is 13.0 Å². The minimum Gasteiger partial charge on any atom is -0.345 e. The van der Waals surface area contributed by atoms with Crippen LogP contribution in [0.25, 0.3) is 0 Å². The largest absolute Gasteiger partial charge is 0.345 e. The Morgan fingerprint density at radius 3 is 2.33 bits per heavy atom. The summed E-state index contributed by atoms with van der Waals surface area (Å²) in [6, 6.07) is 17.5. The minimum atomic E-state index is -0.0312. The van der Waals surface area contributed by atoms with Gasteiger partial charge < -0.3 is 5.32 Å². The SMILES string of the molecule is C[C@H](NC(=O)c1ccccc1I)c1ccccc1. The average Bonchev–Trinajstić information content (AvgIpc) is 2.40. The second-order valence-corrected chi connectivity index (χ2v) is 5.25. The Morgan fingerprint density at radius 1 is 1.06 bits per heavy atom. The molecule has 0 aliphatic heterocycles. The summed E-state index contributed by atoms with van der Waals surface area (Å²) in [6.45, 7) is 1.99. The van der Waals surface area contributed by atoms with Crippen LogP contribution in [-0.4, -0.2) is 5.91 Å². The van der Waals surface area contributed by atoms with Gasteiger partial charge in [-0.15, -0.1) is 0 Å². The molecule has 1 amide bonds. The van der Waals surface area contributed by atoms with Gasteiger partial charge in [0.05, 0.1) is 11.6 Å². The molecule has 2 aromatic carbocycles. The highest BCUT2D eigenvalue weighted by Gasteiger charge is 2.12. The van der Waals surface area contributed by atoms with E-state index in [-0.39, 0.29) is 11.9 Å². The lowest BCUT2D eigenvalue weighted by Crippen LogP contribution is -2.27. The van der Waals surface area contributed by atoms with Crippen LogP contribution >= 0.6 is 22.6 Å². The van der Waals surface area contributed by atoms with Crippen molar-refractivity contribution in [2.75, 3.05) is 0 Å². The standard InChI is InChI=1S/C15H14INO/c1-11(12-7-3-2-4-8-12)17-15(18)13-9-5-6-10-14(13)16/h2-11H,1H3,(H,17,18)/t11-/m0/s1. The van der Waals surface area contributed by atoms with E-state index in [2.05, 4.69) is 27.9 Å². The first-order valence-electron chi connectivity index (χ1n) is 5.79. The molecule has 2 rings (SSSR count). The number of amides is 1. The number of benzene rings is 2. The van der Waals surface area contributed by atoms with Crippen molar-refractivity contribution in [3.8, 4) is 0 Å². The third-order valence-corrected chi connectivity index (χ3v) is 3.71. The van der Waals surface area contributed by atoms with Gasteiger partial charge >= 0.3 is 0 Å². The summed E-state index contributed by atoms with van der Waals surface area (Å²) in [5.74, 6) is -0.0312. The van der Waals surface area contributed by atoms with Crippen LogP contribution in [0.15, 0.2) is 54.6 Å². The van der Waals surface area contributed by atoms with Crippen molar-refractivity contribution < 1.29 is 4.79 Å². The van der Waals surface area contributed by atoms with Gasteiger partial charge in [0, 0.05) is 3.57 Å². The molecule has 0 radical (unpaired) electrons. The summed E-state index contributed by atoms with van der Waals surface area (Å²) in [4.78, 5) is 12.1. The maximum Gasteiger partial charge on any atom is 0.252 e. The molecular weight excluding hydrogens is 337 g/mol. The zero-order valence-electron chi connectivity index (χ0n) is 10.1. The first-order valence-corrected chi connectivity index (χ1v) is 6.86. The molecule has 0 saturated carbocycles. The minimum absolute atomic E-state index is 0.00899. The van der Waals surface area contributed by atoms with Crippen molar-refractivity contribution in [3.05, 3.63) is 69.3 Å². The highest BCUT2D eigenvalue weighted by molar-refractivity contribution is 14.1. The summed E-state index contributed by atoms with van der Waals surface area (Å²) >= 11 is 2.18. The molecule has 0 unspecified atom stereocenters. The lowest BCUT2D eigenvalue weighted by Gasteiger charge is -2.14. The zero-order valence-corrected chi connectivity index (χ0v) is 12.2. The number of nitrogens with one attached hydrogen (secondary N) is 1. The van der Waals surface area contributed by atoms with Gasteiger partial charge in [-0.2, -0.15) is 0 Å². The van der Waals surface area contributed by atoms with E-state index < -0.39 is 0 Å². The van der Waals surface area contributed by atoms with Gasteiger partial charge in [-0.3, -0.25) is 4.79 Å². The van der Waals surface area contributed by atoms with Crippen LogP contribution in [0.1, 0.15) is 28.9 Å². The second-order valence-electron chi connectivity index (χ2n) is 4.09. The van der Waals surface area contributed by atoms with Crippen LogP contribution in [0, 0.1) is 3.57 Å². The van der Waals surface area contributed by atoms with Crippen LogP contribution in [0.5, 0.6) is 0 Å². The first-order chi connectivity index (χ1) is 8.68. The van der Waals surface area contributed by atoms with E-state index in [0.717, 1.165) is 14.7 Å². The van der Waals surface area contributed by atoms with Gasteiger partial charge in [0.1, 0.15) is 0 Å². The normalized spacial score (nSPS) is 11.9. The van der Waals surface area contributed by atoms with E-state index >= 15 is 0 Å². The van der Waals surface area contributed by atoms with Gasteiger partial charge in [0.2, 0.25) is 0 Å². The predicted molar refractivity (Wildman–Crippen MR) is 81.5 cm³/mol. The predicted octanol–water partition coefficient (Wildman–Crippen LogP) is 3.78. The molecule has 0 aliphatic carbocycles. The van der Waals surface area contributed by atoms with Crippen molar-refractivity contribution in [1.29, 1.82) is 0 Å². The molecule has 2 nitrogen and oxygen atoms in total. The highest BCUT2D eigenvalue weighted by atomic mass is 127. The van der Waals surface area contributed by atoms with Gasteiger partial charge in [0.15, 0.2) is 0 Å². The Morgan fingerprint density at radius 2 is 1.67 bits per heavy atom. The Hall–Kier alpha value is -1.36. The fourth-order valence-electron chi connectivity index (χ4n) is 1.74. The highest BCUT2D eigenvalue weighted by Crippen LogP contribution is 2.15. The van der Waals surface area contributed by atoms with E-state index in [1.807, 2.05) is 61.5 Å². The van der Waals surface area contributed by atoms with Gasteiger partial charge in [0.25, 0.3) is 5.91 Å². The van der Waals surface area contributed by atoms with Crippen LogP contribution in [0.4, 0.5) is 0 Å². The number of rotatable bonds is 3. The smallest absolute Gasteiger partial charge is 0.252 e. The van der Waals surface area contributed by atoms with Crippen LogP contribution in [0.3, 0.4) is 0 Å². The van der Waals surface area contributed by atoms with E-state index in [1.165, 1.54) is 0 Å². The summed E-state index contributed by atoms with van der Waals surface area (Å²) in [5, 5.41) is 3.01. The number of halogens is 1. The Labute approximate surface area is 121 Å². The molecule has 0 fully saturated rings. The van der Waals surface area contributed by atoms with Crippen molar-refractivity contribution in [1.82, 2.24) is 5.32 Å². The quantitative estimate of drug-likeness (QED) is 0.838. The molecule has 0 bridgehead atoms. The van der Waals surface area contributed by atoms with Crippen molar-refractivity contribution in [3.63, 3.8) is 0 Å². The summed E-state index contributed by atoms with van der Waals surface area (Å²) in [6.07, 6.45) is 0.